The Kier molecular flexibility index (Phi) is 3.28. The molecule has 5 rings (SSSR count). The molecule has 0 spiro atoms. The number of benzene rings is 2. The van der Waals surface area contributed by atoms with Crippen LogP contribution in [-0.2, 0) is 0 Å². The number of carbonyl (C=O) groups is 1. The molecule has 0 aliphatic carbocycles. The van der Waals surface area contributed by atoms with Gasteiger partial charge >= 0.3 is 0 Å². The number of nitrogens with zero attached hydrogens (tertiary/aromatic N) is 1. The topological polar surface area (TPSA) is 49.2 Å². The van der Waals surface area contributed by atoms with Crippen LogP contribution < -0.4 is 4.90 Å². The Morgan fingerprint density at radius 2 is 1.69 bits per heavy atom. The first kappa shape index (κ1) is 14.8. The number of nitrogens with one attached hydrogen (secondary N) is 1. The van der Waals surface area contributed by atoms with Gasteiger partial charge in [0.15, 0.2) is 5.76 Å². The van der Waals surface area contributed by atoms with Crippen molar-refractivity contribution in [3.8, 4) is 11.1 Å². The zero-order valence-electron chi connectivity index (χ0n) is 13.9. The average Bonchev–Trinajstić information content (AvgIpc) is 3.40. The van der Waals surface area contributed by atoms with E-state index < -0.39 is 0 Å². The summed E-state index contributed by atoms with van der Waals surface area (Å²) in [6.07, 6.45) is 3.41. The molecule has 4 heteroatoms. The first-order valence-electron chi connectivity index (χ1n) is 8.53. The zero-order chi connectivity index (χ0) is 17.5. The number of furan rings is 1. The highest BCUT2D eigenvalue weighted by atomic mass is 16.3. The number of rotatable bonds is 2. The van der Waals surface area contributed by atoms with Gasteiger partial charge in [0.1, 0.15) is 6.04 Å². The third-order valence-electron chi connectivity index (χ3n) is 4.83. The number of carbonyl (C=O) groups excluding carboxylic acids is 1. The fourth-order valence-electron chi connectivity index (χ4n) is 3.74. The highest BCUT2D eigenvalue weighted by Crippen LogP contribution is 2.47. The standard InChI is InChI=1S/C22H16N2O2/c25-22(20-12-6-14-26-20)24-19-11-4-3-8-16(19)15-7-1-2-9-17(15)21(24)18-10-5-13-23-18/h1-14,21,23H. The van der Waals surface area contributed by atoms with Crippen molar-refractivity contribution in [3.63, 3.8) is 0 Å². The van der Waals surface area contributed by atoms with Crippen molar-refractivity contribution in [1.82, 2.24) is 4.98 Å². The van der Waals surface area contributed by atoms with Crippen molar-refractivity contribution in [3.05, 3.63) is 102 Å². The smallest absolute Gasteiger partial charge is 0.294 e. The molecule has 0 bridgehead atoms. The molecule has 4 aromatic rings. The summed E-state index contributed by atoms with van der Waals surface area (Å²) in [4.78, 5) is 18.5. The molecule has 0 saturated heterocycles. The number of aromatic amines is 1. The van der Waals surface area contributed by atoms with Gasteiger partial charge in [-0.05, 0) is 41.5 Å². The predicted octanol–water partition coefficient (Wildman–Crippen LogP) is 5.02. The fourth-order valence-corrected chi connectivity index (χ4v) is 3.74. The molecule has 2 aromatic carbocycles. The first-order valence-corrected chi connectivity index (χ1v) is 8.53. The molecule has 1 N–H and O–H groups in total. The third kappa shape index (κ3) is 2.12. The van der Waals surface area contributed by atoms with Gasteiger partial charge in [0, 0.05) is 17.5 Å². The van der Waals surface area contributed by atoms with Gasteiger partial charge in [-0.25, -0.2) is 0 Å². The monoisotopic (exact) mass is 340 g/mol. The molecule has 126 valence electrons. The van der Waals surface area contributed by atoms with Crippen LogP contribution in [0.2, 0.25) is 0 Å². The number of aromatic nitrogens is 1. The molecule has 0 radical (unpaired) electrons. The summed E-state index contributed by atoms with van der Waals surface area (Å²) < 4.78 is 5.42. The first-order chi connectivity index (χ1) is 12.8. The van der Waals surface area contributed by atoms with Gasteiger partial charge in [0.2, 0.25) is 0 Å². The Hall–Kier alpha value is -3.53. The van der Waals surface area contributed by atoms with Crippen molar-refractivity contribution in [2.24, 2.45) is 0 Å². The molecule has 1 aliphatic heterocycles. The molecule has 26 heavy (non-hydrogen) atoms. The number of anilines is 1. The van der Waals surface area contributed by atoms with Crippen LogP contribution in [0.25, 0.3) is 11.1 Å². The van der Waals surface area contributed by atoms with E-state index in [0.29, 0.717) is 5.76 Å². The molecule has 1 amide bonds. The van der Waals surface area contributed by atoms with Crippen molar-refractivity contribution >= 4 is 11.6 Å². The number of hydrogen-bond donors (Lipinski definition) is 1. The van der Waals surface area contributed by atoms with Gasteiger partial charge in [0.05, 0.1) is 12.0 Å². The van der Waals surface area contributed by atoms with Crippen LogP contribution in [0.4, 0.5) is 5.69 Å². The minimum absolute atomic E-state index is 0.156. The SMILES string of the molecule is O=C(c1ccco1)N1c2ccccc2-c2ccccc2C1c1ccc[nH]1. The molecule has 3 heterocycles. The molecule has 0 saturated carbocycles. The lowest BCUT2D eigenvalue weighted by Gasteiger charge is -2.38. The maximum Gasteiger partial charge on any atom is 0.294 e. The second kappa shape index (κ2) is 5.77. The van der Waals surface area contributed by atoms with E-state index in [2.05, 4.69) is 23.2 Å². The Morgan fingerprint density at radius 1 is 0.885 bits per heavy atom. The molecule has 1 atom stereocenters. The van der Waals surface area contributed by atoms with E-state index in [-0.39, 0.29) is 11.9 Å². The number of hydrogen-bond acceptors (Lipinski definition) is 2. The van der Waals surface area contributed by atoms with Crippen molar-refractivity contribution < 1.29 is 9.21 Å². The van der Waals surface area contributed by atoms with Crippen molar-refractivity contribution in [2.45, 2.75) is 6.04 Å². The van der Waals surface area contributed by atoms with Gasteiger partial charge < -0.3 is 9.40 Å². The summed E-state index contributed by atoms with van der Waals surface area (Å²) in [7, 11) is 0. The maximum absolute atomic E-state index is 13.4. The van der Waals surface area contributed by atoms with E-state index in [9.17, 15) is 4.79 Å². The number of para-hydroxylation sites is 1. The summed E-state index contributed by atoms with van der Waals surface area (Å²) >= 11 is 0. The zero-order valence-corrected chi connectivity index (χ0v) is 13.9. The van der Waals surface area contributed by atoms with E-state index in [0.717, 1.165) is 28.1 Å². The average molecular weight is 340 g/mol. The molecule has 1 aliphatic rings. The summed E-state index contributed by atoms with van der Waals surface area (Å²) in [5.41, 5.74) is 5.13. The maximum atomic E-state index is 13.4. The molecule has 1 unspecified atom stereocenters. The van der Waals surface area contributed by atoms with E-state index >= 15 is 0 Å². The summed E-state index contributed by atoms with van der Waals surface area (Å²) in [6.45, 7) is 0. The highest BCUT2D eigenvalue weighted by Gasteiger charge is 2.37. The van der Waals surface area contributed by atoms with E-state index in [4.69, 9.17) is 4.42 Å². The Labute approximate surface area is 150 Å². The van der Waals surface area contributed by atoms with Gasteiger partial charge in [-0.2, -0.15) is 0 Å². The molecular formula is C22H16N2O2. The lowest BCUT2D eigenvalue weighted by atomic mass is 9.86. The largest absolute Gasteiger partial charge is 0.459 e. The highest BCUT2D eigenvalue weighted by molar-refractivity contribution is 6.09. The summed E-state index contributed by atoms with van der Waals surface area (Å²) in [6, 6.07) is 23.4. The third-order valence-corrected chi connectivity index (χ3v) is 4.83. The molecular weight excluding hydrogens is 324 g/mol. The molecule has 0 fully saturated rings. The van der Waals surface area contributed by atoms with Crippen LogP contribution in [0.5, 0.6) is 0 Å². The number of H-pyrrole nitrogens is 1. The molecule has 2 aromatic heterocycles. The summed E-state index contributed by atoms with van der Waals surface area (Å²) in [5, 5.41) is 0. The fraction of sp³-hybridized carbons (Fsp3) is 0.0455. The van der Waals surface area contributed by atoms with Crippen LogP contribution in [-0.4, -0.2) is 10.9 Å². The minimum Gasteiger partial charge on any atom is -0.459 e. The Balaban J connectivity index is 1.79. The van der Waals surface area contributed by atoms with Gasteiger partial charge in [-0.1, -0.05) is 42.5 Å². The Bertz CT molecular complexity index is 1070. The van der Waals surface area contributed by atoms with Crippen molar-refractivity contribution in [2.75, 3.05) is 4.90 Å². The second-order valence-corrected chi connectivity index (χ2v) is 6.28. The normalized spacial score (nSPS) is 15.4. The Morgan fingerprint density at radius 3 is 2.46 bits per heavy atom. The number of amides is 1. The van der Waals surface area contributed by atoms with E-state index in [1.54, 1.807) is 12.1 Å². The lowest BCUT2D eigenvalue weighted by molar-refractivity contribution is 0.0952. The van der Waals surface area contributed by atoms with Gasteiger partial charge in [-0.15, -0.1) is 0 Å². The van der Waals surface area contributed by atoms with Crippen molar-refractivity contribution in [1.29, 1.82) is 0 Å². The number of fused-ring (bicyclic) bond motifs is 3. The van der Waals surface area contributed by atoms with Gasteiger partial charge in [-0.3, -0.25) is 9.69 Å². The van der Waals surface area contributed by atoms with Gasteiger partial charge in [0.25, 0.3) is 5.91 Å². The predicted molar refractivity (Wildman–Crippen MR) is 100 cm³/mol. The van der Waals surface area contributed by atoms with Crippen LogP contribution in [0, 0.1) is 0 Å². The quantitative estimate of drug-likeness (QED) is 0.557. The summed E-state index contributed by atoms with van der Waals surface area (Å²) in [5.74, 6) is 0.173. The van der Waals surface area contributed by atoms with Crippen LogP contribution in [0.1, 0.15) is 27.9 Å². The van der Waals surface area contributed by atoms with E-state index in [1.807, 2.05) is 53.6 Å². The van der Waals surface area contributed by atoms with E-state index in [1.165, 1.54) is 6.26 Å². The van der Waals surface area contributed by atoms with Crippen LogP contribution >= 0.6 is 0 Å². The van der Waals surface area contributed by atoms with Crippen LogP contribution in [0.3, 0.4) is 0 Å². The minimum atomic E-state index is -0.242. The van der Waals surface area contributed by atoms with Crippen LogP contribution in [0.15, 0.2) is 89.7 Å². The lowest BCUT2D eigenvalue weighted by Crippen LogP contribution is -2.38. The second-order valence-electron chi connectivity index (χ2n) is 6.28. The molecule has 4 nitrogen and oxygen atoms in total.